The third kappa shape index (κ3) is 4.02. The number of aromatic amines is 1. The van der Waals surface area contributed by atoms with Crippen LogP contribution in [-0.2, 0) is 16.1 Å². The molecule has 0 aromatic carbocycles. The van der Waals surface area contributed by atoms with Crippen molar-refractivity contribution < 1.29 is 14.4 Å². The predicted molar refractivity (Wildman–Crippen MR) is 78.7 cm³/mol. The van der Waals surface area contributed by atoms with Crippen LogP contribution in [0, 0.1) is 5.92 Å². The Kier molecular flexibility index (Phi) is 4.92. The zero-order chi connectivity index (χ0) is 17.0. The van der Waals surface area contributed by atoms with Crippen LogP contribution in [0.1, 0.15) is 39.4 Å². The van der Waals surface area contributed by atoms with Crippen LogP contribution in [0.2, 0.25) is 0 Å². The smallest absolute Gasteiger partial charge is 0.325 e. The molecule has 23 heavy (non-hydrogen) atoms. The quantitative estimate of drug-likeness (QED) is 0.583. The van der Waals surface area contributed by atoms with Crippen LogP contribution in [0.15, 0.2) is 0 Å². The highest BCUT2D eigenvalue weighted by molar-refractivity contribution is 6.08. The number of nitrogens with zero attached hydrogens (tertiary/aromatic N) is 4. The van der Waals surface area contributed by atoms with E-state index in [-0.39, 0.29) is 19.0 Å². The van der Waals surface area contributed by atoms with Crippen LogP contribution >= 0.6 is 0 Å². The largest absolute Gasteiger partial charge is 0.347 e. The van der Waals surface area contributed by atoms with Gasteiger partial charge in [-0.3, -0.25) is 14.5 Å². The molecule has 0 aliphatic carbocycles. The molecular formula is C13H21N7O3. The van der Waals surface area contributed by atoms with E-state index in [9.17, 15) is 14.4 Å². The average Bonchev–Trinajstić information content (AvgIpc) is 3.07. The molecule has 1 fully saturated rings. The van der Waals surface area contributed by atoms with Crippen LogP contribution in [0.4, 0.5) is 4.79 Å². The number of hydrogen-bond donors (Lipinski definition) is 3. The van der Waals surface area contributed by atoms with Crippen molar-refractivity contribution in [3.8, 4) is 0 Å². The van der Waals surface area contributed by atoms with Gasteiger partial charge in [0.1, 0.15) is 12.1 Å². The van der Waals surface area contributed by atoms with Gasteiger partial charge in [-0.2, -0.15) is 5.21 Å². The highest BCUT2D eigenvalue weighted by Crippen LogP contribution is 2.24. The van der Waals surface area contributed by atoms with E-state index in [1.54, 1.807) is 6.92 Å². The van der Waals surface area contributed by atoms with Crippen LogP contribution in [-0.4, -0.2) is 55.5 Å². The number of H-pyrrole nitrogens is 1. The zero-order valence-electron chi connectivity index (χ0n) is 13.4. The molecule has 1 unspecified atom stereocenters. The summed E-state index contributed by atoms with van der Waals surface area (Å²) in [4.78, 5) is 37.3. The summed E-state index contributed by atoms with van der Waals surface area (Å²) in [6.45, 7) is 5.53. The molecule has 2 rings (SSSR count). The maximum atomic E-state index is 12.4. The fourth-order valence-electron chi connectivity index (χ4n) is 2.27. The summed E-state index contributed by atoms with van der Waals surface area (Å²) in [5, 5.41) is 18.2. The average molecular weight is 323 g/mol. The van der Waals surface area contributed by atoms with Gasteiger partial charge in [0.15, 0.2) is 5.82 Å². The van der Waals surface area contributed by atoms with Gasteiger partial charge in [-0.1, -0.05) is 19.1 Å². The van der Waals surface area contributed by atoms with E-state index in [4.69, 9.17) is 0 Å². The molecule has 10 nitrogen and oxygen atoms in total. The summed E-state index contributed by atoms with van der Waals surface area (Å²) in [6, 6.07) is -0.545. The molecule has 2 heterocycles. The van der Waals surface area contributed by atoms with E-state index >= 15 is 0 Å². The highest BCUT2D eigenvalue weighted by atomic mass is 16.2. The molecule has 4 amide bonds. The van der Waals surface area contributed by atoms with Gasteiger partial charge in [-0.05, 0) is 25.7 Å². The Hall–Kier alpha value is -2.52. The molecule has 10 heteroatoms. The van der Waals surface area contributed by atoms with Gasteiger partial charge < -0.3 is 10.6 Å². The first kappa shape index (κ1) is 16.8. The van der Waals surface area contributed by atoms with Gasteiger partial charge in [-0.15, -0.1) is 10.2 Å². The van der Waals surface area contributed by atoms with Crippen LogP contribution in [0.5, 0.6) is 0 Å². The lowest BCUT2D eigenvalue weighted by Gasteiger charge is -2.22. The number of rotatable bonds is 7. The second-order valence-electron chi connectivity index (χ2n) is 6.19. The molecule has 0 saturated carbocycles. The molecule has 1 atom stereocenters. The third-order valence-corrected chi connectivity index (χ3v) is 3.70. The first-order valence-corrected chi connectivity index (χ1v) is 7.45. The monoisotopic (exact) mass is 323 g/mol. The van der Waals surface area contributed by atoms with E-state index in [1.165, 1.54) is 0 Å². The lowest BCUT2D eigenvalue weighted by molar-refractivity contribution is -0.134. The fraction of sp³-hybridized carbons (Fsp3) is 0.692. The van der Waals surface area contributed by atoms with Crippen LogP contribution in [0.25, 0.3) is 0 Å². The maximum Gasteiger partial charge on any atom is 0.325 e. The van der Waals surface area contributed by atoms with Gasteiger partial charge in [0, 0.05) is 0 Å². The highest BCUT2D eigenvalue weighted by Gasteiger charge is 2.47. The van der Waals surface area contributed by atoms with Crippen molar-refractivity contribution in [2.75, 3.05) is 6.54 Å². The summed E-state index contributed by atoms with van der Waals surface area (Å²) in [6.07, 6.45) is 1.34. The summed E-state index contributed by atoms with van der Waals surface area (Å²) in [5.41, 5.74) is -0.949. The van der Waals surface area contributed by atoms with Crippen molar-refractivity contribution in [3.63, 3.8) is 0 Å². The van der Waals surface area contributed by atoms with E-state index in [1.807, 2.05) is 13.8 Å². The number of urea groups is 1. The van der Waals surface area contributed by atoms with Gasteiger partial charge in [0.25, 0.3) is 5.91 Å². The summed E-state index contributed by atoms with van der Waals surface area (Å²) >= 11 is 0. The SMILES string of the molecule is CC(C)CCC1(C)NC(=O)N(CC(=O)NCc2nn[nH]n2)C1=O. The van der Waals surface area contributed by atoms with Crippen molar-refractivity contribution >= 4 is 17.8 Å². The molecule has 1 aliphatic heterocycles. The zero-order valence-corrected chi connectivity index (χ0v) is 13.4. The van der Waals surface area contributed by atoms with E-state index < -0.39 is 17.5 Å². The Bertz CT molecular complexity index is 586. The van der Waals surface area contributed by atoms with Crippen molar-refractivity contribution in [2.45, 2.75) is 45.7 Å². The summed E-state index contributed by atoms with van der Waals surface area (Å²) in [5.74, 6) is -0.106. The van der Waals surface area contributed by atoms with Gasteiger partial charge in [0.2, 0.25) is 5.91 Å². The van der Waals surface area contributed by atoms with E-state index in [0.29, 0.717) is 18.2 Å². The number of carbonyl (C=O) groups excluding carboxylic acids is 3. The molecule has 1 saturated heterocycles. The molecule has 3 N–H and O–H groups in total. The Morgan fingerprint density at radius 3 is 2.74 bits per heavy atom. The maximum absolute atomic E-state index is 12.4. The summed E-state index contributed by atoms with van der Waals surface area (Å²) in [7, 11) is 0. The second kappa shape index (κ2) is 6.71. The molecule has 0 bridgehead atoms. The summed E-state index contributed by atoms with van der Waals surface area (Å²) < 4.78 is 0. The number of nitrogens with one attached hydrogen (secondary N) is 3. The molecule has 0 spiro atoms. The topological polar surface area (TPSA) is 133 Å². The minimum Gasteiger partial charge on any atom is -0.347 e. The number of hydrogen-bond acceptors (Lipinski definition) is 6. The second-order valence-corrected chi connectivity index (χ2v) is 6.19. The Balaban J connectivity index is 1.90. The molecule has 1 aromatic heterocycles. The molecular weight excluding hydrogens is 302 g/mol. The number of imide groups is 1. The molecule has 0 radical (unpaired) electrons. The van der Waals surface area contributed by atoms with Crippen molar-refractivity contribution in [1.82, 2.24) is 36.2 Å². The molecule has 1 aromatic rings. The van der Waals surface area contributed by atoms with Gasteiger partial charge >= 0.3 is 6.03 Å². The van der Waals surface area contributed by atoms with Gasteiger partial charge in [0.05, 0.1) is 6.54 Å². The minimum absolute atomic E-state index is 0.0730. The Morgan fingerprint density at radius 1 is 1.39 bits per heavy atom. The Morgan fingerprint density at radius 2 is 2.13 bits per heavy atom. The van der Waals surface area contributed by atoms with Crippen molar-refractivity contribution in [3.05, 3.63) is 5.82 Å². The first-order chi connectivity index (χ1) is 10.8. The molecule has 126 valence electrons. The van der Waals surface area contributed by atoms with E-state index in [0.717, 1.165) is 11.3 Å². The number of aromatic nitrogens is 4. The van der Waals surface area contributed by atoms with Crippen LogP contribution in [0.3, 0.4) is 0 Å². The standard InChI is InChI=1S/C13H21N7O3/c1-8(2)4-5-13(3)11(22)20(12(23)15-13)7-10(21)14-6-9-16-18-19-17-9/h8H,4-7H2,1-3H3,(H,14,21)(H,15,23)(H,16,17,18,19). The Labute approximate surface area is 133 Å². The fourth-order valence-corrected chi connectivity index (χ4v) is 2.27. The molecule has 1 aliphatic rings. The number of tetrazole rings is 1. The third-order valence-electron chi connectivity index (χ3n) is 3.70. The normalized spacial score (nSPS) is 21.0. The number of amides is 4. The number of carbonyl (C=O) groups is 3. The lowest BCUT2D eigenvalue weighted by Crippen LogP contribution is -2.45. The minimum atomic E-state index is -0.949. The lowest BCUT2D eigenvalue weighted by atomic mass is 9.92. The predicted octanol–water partition coefficient (Wildman–Crippen LogP) is -0.437. The van der Waals surface area contributed by atoms with Crippen molar-refractivity contribution in [1.29, 1.82) is 0 Å². The first-order valence-electron chi connectivity index (χ1n) is 7.45. The van der Waals surface area contributed by atoms with Crippen LogP contribution < -0.4 is 10.6 Å². The van der Waals surface area contributed by atoms with Gasteiger partial charge in [-0.25, -0.2) is 4.79 Å². The van der Waals surface area contributed by atoms with Crippen molar-refractivity contribution in [2.24, 2.45) is 5.92 Å². The van der Waals surface area contributed by atoms with E-state index in [2.05, 4.69) is 31.3 Å².